The average molecular weight is 332 g/mol. The Morgan fingerprint density at radius 1 is 1.29 bits per heavy atom. The number of rotatable bonds is 4. The van der Waals surface area contributed by atoms with Crippen molar-refractivity contribution in [3.8, 4) is 0 Å². The summed E-state index contributed by atoms with van der Waals surface area (Å²) < 4.78 is 38.3. The van der Waals surface area contributed by atoms with Gasteiger partial charge in [0.1, 0.15) is 11.4 Å². The van der Waals surface area contributed by atoms with E-state index >= 15 is 0 Å². The van der Waals surface area contributed by atoms with Gasteiger partial charge in [-0.2, -0.15) is 13.2 Å². The molecule has 0 spiro atoms. The summed E-state index contributed by atoms with van der Waals surface area (Å²) in [6.45, 7) is 5.44. The molecule has 0 radical (unpaired) electrons. The summed E-state index contributed by atoms with van der Waals surface area (Å²) in [5, 5.41) is 1.20. The van der Waals surface area contributed by atoms with Crippen LogP contribution in [-0.2, 0) is 6.18 Å². The van der Waals surface area contributed by atoms with E-state index in [1.165, 1.54) is 24.4 Å². The van der Waals surface area contributed by atoms with Crippen LogP contribution in [0.15, 0.2) is 49.2 Å². The molecule has 2 aromatic heterocycles. The molecule has 2 rings (SSSR count). The summed E-state index contributed by atoms with van der Waals surface area (Å²) in [6.07, 6.45) is 5.33. The number of carbonyl (C=O) groups is 1. The second-order valence-electron chi connectivity index (χ2n) is 4.86. The highest BCUT2D eigenvalue weighted by Gasteiger charge is 2.33. The molecule has 0 aliphatic heterocycles. The van der Waals surface area contributed by atoms with Gasteiger partial charge in [0.05, 0.1) is 0 Å². The minimum absolute atomic E-state index is 0.234. The van der Waals surface area contributed by atoms with E-state index in [4.69, 9.17) is 0 Å². The topological polar surface area (TPSA) is 45.8 Å². The third-order valence-electron chi connectivity index (χ3n) is 3.21. The molecule has 0 amide bonds. The first-order chi connectivity index (χ1) is 11.4. The van der Waals surface area contributed by atoms with Gasteiger partial charge in [-0.25, -0.2) is 4.98 Å². The van der Waals surface area contributed by atoms with Crippen LogP contribution in [-0.4, -0.2) is 15.8 Å². The minimum atomic E-state index is -4.60. The van der Waals surface area contributed by atoms with Gasteiger partial charge in [0, 0.05) is 22.3 Å². The second kappa shape index (κ2) is 7.12. The smallest absolute Gasteiger partial charge is 0.360 e. The summed E-state index contributed by atoms with van der Waals surface area (Å²) in [7, 11) is 0. The van der Waals surface area contributed by atoms with E-state index in [2.05, 4.69) is 16.5 Å². The SMILES string of the molecule is C=C/C=c1/c(C(=O)c2cccc(C(F)(F)F)n2)c[nH]/c1=C/C=C\C. The largest absolute Gasteiger partial charge is 0.433 e. The normalized spacial score (nSPS) is 13.7. The molecule has 0 fully saturated rings. The maximum Gasteiger partial charge on any atom is 0.433 e. The molecule has 6 heteroatoms. The van der Waals surface area contributed by atoms with Crippen molar-refractivity contribution in [1.82, 2.24) is 9.97 Å². The fraction of sp³-hybridized carbons (Fsp3) is 0.111. The number of hydrogen-bond acceptors (Lipinski definition) is 2. The van der Waals surface area contributed by atoms with Gasteiger partial charge in [-0.3, -0.25) is 4.79 Å². The molecule has 2 aromatic rings. The van der Waals surface area contributed by atoms with Crippen LogP contribution in [0.25, 0.3) is 12.2 Å². The number of nitrogens with one attached hydrogen (secondary N) is 1. The van der Waals surface area contributed by atoms with Gasteiger partial charge in [0.2, 0.25) is 5.78 Å². The Labute approximate surface area is 136 Å². The predicted molar refractivity (Wildman–Crippen MR) is 86.7 cm³/mol. The Hall–Kier alpha value is -2.89. The molecular weight excluding hydrogens is 317 g/mol. The van der Waals surface area contributed by atoms with E-state index in [-0.39, 0.29) is 11.3 Å². The van der Waals surface area contributed by atoms with Crippen molar-refractivity contribution in [2.24, 2.45) is 0 Å². The van der Waals surface area contributed by atoms with Crippen molar-refractivity contribution in [1.29, 1.82) is 0 Å². The molecule has 0 saturated carbocycles. The second-order valence-corrected chi connectivity index (χ2v) is 4.86. The van der Waals surface area contributed by atoms with Crippen LogP contribution in [0, 0.1) is 0 Å². The Morgan fingerprint density at radius 2 is 2.04 bits per heavy atom. The van der Waals surface area contributed by atoms with Gasteiger partial charge in [-0.1, -0.05) is 36.9 Å². The lowest BCUT2D eigenvalue weighted by molar-refractivity contribution is -0.141. The molecule has 124 valence electrons. The highest BCUT2D eigenvalue weighted by Crippen LogP contribution is 2.27. The van der Waals surface area contributed by atoms with Crippen LogP contribution < -0.4 is 10.6 Å². The van der Waals surface area contributed by atoms with Crippen LogP contribution in [0.2, 0.25) is 0 Å². The monoisotopic (exact) mass is 332 g/mol. The number of pyridine rings is 1. The van der Waals surface area contributed by atoms with E-state index < -0.39 is 17.7 Å². The van der Waals surface area contributed by atoms with Gasteiger partial charge >= 0.3 is 6.18 Å². The zero-order valence-electron chi connectivity index (χ0n) is 12.9. The summed E-state index contributed by atoms with van der Waals surface area (Å²) in [4.78, 5) is 18.9. The standard InChI is InChI=1S/C18H15F3N2O/c1-3-5-8-14-12(7-4-2)13(11-22-14)17(24)15-9-6-10-16(23-15)18(19,20)21/h3-11,22H,2H2,1H3/b5-3-,12-7-,14-8+. The summed E-state index contributed by atoms with van der Waals surface area (Å²) in [6, 6.07) is 3.26. The van der Waals surface area contributed by atoms with Crippen molar-refractivity contribution in [3.63, 3.8) is 0 Å². The number of carbonyl (C=O) groups excluding carboxylic acids is 1. The van der Waals surface area contributed by atoms with E-state index in [0.29, 0.717) is 10.6 Å². The van der Waals surface area contributed by atoms with Crippen molar-refractivity contribution in [2.45, 2.75) is 13.1 Å². The Balaban J connectivity index is 2.58. The number of aromatic amines is 1. The Morgan fingerprint density at radius 3 is 2.67 bits per heavy atom. The minimum Gasteiger partial charge on any atom is -0.360 e. The Kier molecular flexibility index (Phi) is 5.18. The lowest BCUT2D eigenvalue weighted by Crippen LogP contribution is -2.27. The van der Waals surface area contributed by atoms with Crippen molar-refractivity contribution in [3.05, 3.63) is 76.7 Å². The lowest BCUT2D eigenvalue weighted by Gasteiger charge is -2.06. The summed E-state index contributed by atoms with van der Waals surface area (Å²) in [5.41, 5.74) is -1.13. The number of allylic oxidation sites excluding steroid dienone is 3. The third-order valence-corrected chi connectivity index (χ3v) is 3.21. The zero-order valence-corrected chi connectivity index (χ0v) is 12.9. The predicted octanol–water partition coefficient (Wildman–Crippen LogP) is 2.98. The first-order valence-electron chi connectivity index (χ1n) is 7.10. The fourth-order valence-corrected chi connectivity index (χ4v) is 2.12. The molecule has 3 nitrogen and oxygen atoms in total. The van der Waals surface area contributed by atoms with Gasteiger partial charge < -0.3 is 4.98 Å². The van der Waals surface area contributed by atoms with Gasteiger partial charge in [0.25, 0.3) is 0 Å². The van der Waals surface area contributed by atoms with Gasteiger partial charge in [-0.15, -0.1) is 0 Å². The van der Waals surface area contributed by atoms with Crippen molar-refractivity contribution in [2.75, 3.05) is 0 Å². The summed E-state index contributed by atoms with van der Waals surface area (Å²) in [5.74, 6) is -0.592. The maximum atomic E-state index is 12.8. The zero-order chi connectivity index (χ0) is 17.7. The lowest BCUT2D eigenvalue weighted by atomic mass is 10.1. The molecule has 0 unspecified atom stereocenters. The highest BCUT2D eigenvalue weighted by molar-refractivity contribution is 6.07. The number of nitrogens with zero attached hydrogens (tertiary/aromatic N) is 1. The Bertz CT molecular complexity index is 905. The molecule has 24 heavy (non-hydrogen) atoms. The van der Waals surface area contributed by atoms with Crippen LogP contribution in [0.5, 0.6) is 0 Å². The van der Waals surface area contributed by atoms with Gasteiger partial charge in [0.15, 0.2) is 0 Å². The molecule has 2 heterocycles. The maximum absolute atomic E-state index is 12.8. The first kappa shape index (κ1) is 17.5. The molecule has 0 saturated heterocycles. The van der Waals surface area contributed by atoms with E-state index in [9.17, 15) is 18.0 Å². The number of aromatic nitrogens is 2. The molecule has 0 bridgehead atoms. The number of H-pyrrole nitrogens is 1. The van der Waals surface area contributed by atoms with E-state index in [1.54, 1.807) is 18.2 Å². The number of ketones is 1. The van der Waals surface area contributed by atoms with E-state index in [0.717, 1.165) is 6.07 Å². The van der Waals surface area contributed by atoms with Crippen LogP contribution in [0.3, 0.4) is 0 Å². The number of hydrogen-bond donors (Lipinski definition) is 1. The highest BCUT2D eigenvalue weighted by atomic mass is 19.4. The number of halogens is 3. The average Bonchev–Trinajstić information content (AvgIpc) is 2.94. The number of alkyl halides is 3. The molecule has 0 aromatic carbocycles. The quantitative estimate of drug-likeness (QED) is 0.875. The van der Waals surface area contributed by atoms with Crippen LogP contribution >= 0.6 is 0 Å². The van der Waals surface area contributed by atoms with Crippen molar-refractivity contribution < 1.29 is 18.0 Å². The molecule has 0 aliphatic rings. The van der Waals surface area contributed by atoms with E-state index in [1.807, 2.05) is 13.0 Å². The fourth-order valence-electron chi connectivity index (χ4n) is 2.12. The van der Waals surface area contributed by atoms with Crippen LogP contribution in [0.1, 0.15) is 28.7 Å². The molecular formula is C18H15F3N2O. The summed E-state index contributed by atoms with van der Waals surface area (Å²) >= 11 is 0. The van der Waals surface area contributed by atoms with Crippen molar-refractivity contribution >= 4 is 17.9 Å². The first-order valence-corrected chi connectivity index (χ1v) is 7.10. The molecule has 0 atom stereocenters. The van der Waals surface area contributed by atoms with Crippen LogP contribution in [0.4, 0.5) is 13.2 Å². The molecule has 0 aliphatic carbocycles. The third kappa shape index (κ3) is 3.71. The molecule has 1 N–H and O–H groups in total. The van der Waals surface area contributed by atoms with Gasteiger partial charge in [-0.05, 0) is 25.1 Å².